The van der Waals surface area contributed by atoms with Crippen molar-refractivity contribution >= 4 is 5.69 Å². The van der Waals surface area contributed by atoms with Crippen LogP contribution in [-0.2, 0) is 0 Å². The summed E-state index contributed by atoms with van der Waals surface area (Å²) < 4.78 is 7.42. The predicted octanol–water partition coefficient (Wildman–Crippen LogP) is 1.18. The van der Waals surface area contributed by atoms with Gasteiger partial charge in [-0.2, -0.15) is 5.26 Å². The van der Waals surface area contributed by atoms with E-state index >= 15 is 0 Å². The Hall–Kier alpha value is -1.53. The molecule has 1 aromatic carbocycles. The van der Waals surface area contributed by atoms with E-state index < -0.39 is 0 Å². The Bertz CT molecular complexity index is 344. The van der Waals surface area contributed by atoms with E-state index in [0.29, 0.717) is 0 Å². The van der Waals surface area contributed by atoms with Crippen LogP contribution in [0.15, 0.2) is 24.3 Å². The van der Waals surface area contributed by atoms with E-state index in [1.165, 1.54) is 0 Å². The summed E-state index contributed by atoms with van der Waals surface area (Å²) in [5.74, 6) is 0. The van der Waals surface area contributed by atoms with Crippen LogP contribution >= 0.6 is 0 Å². The average Bonchev–Trinajstić information content (AvgIpc) is 2.44. The summed E-state index contributed by atoms with van der Waals surface area (Å²) in [6, 6.07) is 9.08. The molecule has 3 heteroatoms. The molecule has 3 nitrogen and oxygen atoms in total. The Morgan fingerprint density at radius 2 is 2.36 bits per heavy atom. The second-order valence-corrected chi connectivity index (χ2v) is 2.36. The van der Waals surface area contributed by atoms with Gasteiger partial charge in [0.1, 0.15) is 6.04 Å². The zero-order valence-corrected chi connectivity index (χ0v) is 5.78. The van der Waals surface area contributed by atoms with E-state index in [4.69, 9.17) is 6.67 Å². The molecule has 2 rings (SSSR count). The zero-order chi connectivity index (χ0) is 8.55. The molecule has 1 aliphatic rings. The van der Waals surface area contributed by atoms with Crippen molar-refractivity contribution in [3.63, 3.8) is 0 Å². The Morgan fingerprint density at radius 1 is 1.55 bits per heavy atom. The number of nitriles is 1. The maximum Gasteiger partial charge on any atom is 0.181 e. The molecule has 0 aromatic heterocycles. The normalized spacial score (nSPS) is 22.3. The van der Waals surface area contributed by atoms with Crippen LogP contribution < -0.4 is 10.8 Å². The summed E-state index contributed by atoms with van der Waals surface area (Å²) in [7, 11) is 0. The van der Waals surface area contributed by atoms with E-state index in [1.54, 1.807) is 0 Å². The highest BCUT2D eigenvalue weighted by Crippen LogP contribution is 2.26. The summed E-state index contributed by atoms with van der Waals surface area (Å²) in [5.41, 5.74) is 5.46. The molecule has 0 saturated heterocycles. The lowest BCUT2D eigenvalue weighted by molar-refractivity contribution is 0.766. The first-order chi connectivity index (χ1) is 5.83. The standard InChI is InChI=1S/C8H7N3/c9-5-8-6-3-1-2-4-7(6)10-11-8/h1-4,8,10-11H/i/hD. The van der Waals surface area contributed by atoms with Gasteiger partial charge >= 0.3 is 0 Å². The smallest absolute Gasteiger partial charge is 0.181 e. The van der Waals surface area contributed by atoms with Crippen LogP contribution in [0.5, 0.6) is 0 Å². The van der Waals surface area contributed by atoms with Crippen LogP contribution in [0.25, 0.3) is 0 Å². The van der Waals surface area contributed by atoms with Gasteiger partial charge in [0.2, 0.25) is 0 Å². The quantitative estimate of drug-likeness (QED) is 0.577. The molecule has 1 aliphatic heterocycles. The van der Waals surface area contributed by atoms with Crippen molar-refractivity contribution in [2.75, 3.05) is 5.42 Å². The van der Waals surface area contributed by atoms with Crippen LogP contribution in [0.4, 0.5) is 5.69 Å². The highest BCUT2D eigenvalue weighted by atomic mass is 15.4. The summed E-state index contributed by atoms with van der Waals surface area (Å²) in [4.78, 5) is 0. The van der Waals surface area contributed by atoms with E-state index in [1.807, 2.05) is 24.3 Å². The predicted molar refractivity (Wildman–Crippen MR) is 41.6 cm³/mol. The monoisotopic (exact) mass is 146 g/mol. The van der Waals surface area contributed by atoms with Crippen molar-refractivity contribution in [2.24, 2.45) is 0 Å². The average molecular weight is 146 g/mol. The van der Waals surface area contributed by atoms with Crippen molar-refractivity contribution in [2.45, 2.75) is 6.04 Å². The van der Waals surface area contributed by atoms with E-state index in [0.717, 1.165) is 16.7 Å². The minimum absolute atomic E-state index is 0.376. The first kappa shape index (κ1) is 5.16. The number of nitrogens with one attached hydrogen (secondary N) is 2. The van der Waals surface area contributed by atoms with Crippen LogP contribution in [0.3, 0.4) is 0 Å². The minimum Gasteiger partial charge on any atom is -0.320 e. The summed E-state index contributed by atoms with van der Waals surface area (Å²) in [6.45, 7) is 0. The molecular weight excluding hydrogens is 138 g/mol. The Balaban J connectivity index is 2.52. The molecule has 0 saturated carbocycles. The molecule has 0 spiro atoms. The molecule has 11 heavy (non-hydrogen) atoms. The summed E-state index contributed by atoms with van der Waals surface area (Å²) in [5, 5.41) is 8.71. The van der Waals surface area contributed by atoms with Gasteiger partial charge in [-0.05, 0) is 6.07 Å². The number of benzene rings is 1. The van der Waals surface area contributed by atoms with Gasteiger partial charge in [0.25, 0.3) is 0 Å². The molecule has 1 aromatic rings. The van der Waals surface area contributed by atoms with E-state index in [9.17, 15) is 0 Å². The molecule has 1 heterocycles. The molecule has 0 amide bonds. The molecule has 54 valence electrons. The van der Waals surface area contributed by atoms with Crippen LogP contribution in [0, 0.1) is 11.3 Å². The number of nitrogens with zero attached hydrogens (tertiary/aromatic N) is 1. The first-order valence-electron chi connectivity index (χ1n) is 3.81. The second-order valence-electron chi connectivity index (χ2n) is 2.36. The van der Waals surface area contributed by atoms with Crippen molar-refractivity contribution in [1.29, 1.82) is 5.26 Å². The maximum absolute atomic E-state index is 8.71. The SMILES string of the molecule is [2H]N1NC(C#N)c2ccccc21. The Kier molecular flexibility index (Phi) is 1.06. The molecule has 1 atom stereocenters. The van der Waals surface area contributed by atoms with E-state index in [2.05, 4.69) is 11.5 Å². The van der Waals surface area contributed by atoms with Crippen LogP contribution in [-0.4, -0.2) is 0 Å². The number of fused-ring (bicyclic) bond motifs is 1. The maximum atomic E-state index is 8.71. The van der Waals surface area contributed by atoms with Gasteiger partial charge in [-0.3, -0.25) is 0 Å². The number of anilines is 1. The first-order valence-corrected chi connectivity index (χ1v) is 3.36. The van der Waals surface area contributed by atoms with Crippen molar-refractivity contribution < 1.29 is 1.41 Å². The van der Waals surface area contributed by atoms with Gasteiger partial charge in [-0.25, -0.2) is 5.43 Å². The number of para-hydroxylation sites is 1. The largest absolute Gasteiger partial charge is 0.320 e. The highest BCUT2D eigenvalue weighted by Gasteiger charge is 2.19. The molecule has 0 fully saturated rings. The Labute approximate surface area is 66.1 Å². The molecule has 0 bridgehead atoms. The fourth-order valence-electron chi connectivity index (χ4n) is 1.14. The lowest BCUT2D eigenvalue weighted by Gasteiger charge is -1.96. The molecular formula is C8H7N3. The number of hydrogen-bond donors (Lipinski definition) is 2. The van der Waals surface area contributed by atoms with Crippen LogP contribution in [0.1, 0.15) is 11.6 Å². The summed E-state index contributed by atoms with van der Waals surface area (Å²) in [6.07, 6.45) is 0. The molecule has 0 radical (unpaired) electrons. The topological polar surface area (TPSA) is 47.8 Å². The lowest BCUT2D eigenvalue weighted by Crippen LogP contribution is -2.16. The fraction of sp³-hybridized carbons (Fsp3) is 0.125. The van der Waals surface area contributed by atoms with Crippen molar-refractivity contribution in [3.8, 4) is 6.07 Å². The minimum atomic E-state index is -0.376. The number of rotatable bonds is 0. The van der Waals surface area contributed by atoms with Crippen LogP contribution in [0.2, 0.25) is 1.41 Å². The third-order valence-corrected chi connectivity index (χ3v) is 1.69. The van der Waals surface area contributed by atoms with Gasteiger partial charge in [0, 0.05) is 5.56 Å². The van der Waals surface area contributed by atoms with Gasteiger partial charge in [0.15, 0.2) is 1.41 Å². The van der Waals surface area contributed by atoms with Gasteiger partial charge in [-0.15, -0.1) is 0 Å². The van der Waals surface area contributed by atoms with E-state index in [-0.39, 0.29) is 6.04 Å². The van der Waals surface area contributed by atoms with Gasteiger partial charge in [-0.1, -0.05) is 18.2 Å². The highest BCUT2D eigenvalue weighted by molar-refractivity contribution is 5.57. The summed E-state index contributed by atoms with van der Waals surface area (Å²) >= 11 is 0. The van der Waals surface area contributed by atoms with Gasteiger partial charge in [0.05, 0.1) is 11.8 Å². The zero-order valence-electron chi connectivity index (χ0n) is 6.78. The number of hydrogen-bond acceptors (Lipinski definition) is 3. The Morgan fingerprint density at radius 3 is 3.18 bits per heavy atom. The second kappa shape index (κ2) is 2.26. The molecule has 2 N–H and O–H groups in total. The fourth-order valence-corrected chi connectivity index (χ4v) is 1.14. The van der Waals surface area contributed by atoms with Crippen molar-refractivity contribution in [1.82, 2.24) is 5.43 Å². The molecule has 0 aliphatic carbocycles. The molecule has 1 unspecified atom stereocenters. The van der Waals surface area contributed by atoms with Crippen molar-refractivity contribution in [3.05, 3.63) is 29.8 Å². The third-order valence-electron chi connectivity index (χ3n) is 1.69. The third kappa shape index (κ3) is 0.846. The lowest BCUT2D eigenvalue weighted by atomic mass is 10.1. The van der Waals surface area contributed by atoms with Gasteiger partial charge < -0.3 is 5.42 Å². The number of hydrazine groups is 1.